The molecule has 3 aromatic rings. The molecule has 0 aliphatic carbocycles. The first-order valence-electron chi connectivity index (χ1n) is 12.2. The summed E-state index contributed by atoms with van der Waals surface area (Å²) in [7, 11) is 1.65. The lowest BCUT2D eigenvalue weighted by atomic mass is 10.0. The molecule has 42 heavy (non-hydrogen) atoms. The molecule has 2 aliphatic heterocycles. The van der Waals surface area contributed by atoms with Crippen molar-refractivity contribution in [3.05, 3.63) is 64.9 Å². The van der Waals surface area contributed by atoms with Crippen LogP contribution < -0.4 is 10.6 Å². The molecule has 3 heterocycles. The van der Waals surface area contributed by atoms with E-state index in [9.17, 15) is 39.6 Å². The molecule has 17 heteroatoms. The summed E-state index contributed by atoms with van der Waals surface area (Å²) in [5.41, 5.74) is 0.477. The highest BCUT2D eigenvalue weighted by Gasteiger charge is 2.54. The summed E-state index contributed by atoms with van der Waals surface area (Å²) >= 11 is 2.51. The van der Waals surface area contributed by atoms with Gasteiger partial charge in [-0.3, -0.25) is 19.3 Å². The zero-order valence-corrected chi connectivity index (χ0v) is 23.3. The van der Waals surface area contributed by atoms with E-state index in [1.807, 2.05) is 0 Å². The first-order valence-corrected chi connectivity index (χ1v) is 14.2. The number of aryl methyl sites for hydroxylation is 1. The minimum absolute atomic E-state index is 0.0806. The maximum absolute atomic E-state index is 13.5. The van der Waals surface area contributed by atoms with Crippen molar-refractivity contribution in [2.24, 2.45) is 7.05 Å². The molecular weight excluding hydrogens is 590 g/mol. The third-order valence-corrected chi connectivity index (χ3v) is 8.87. The number of carbonyl (C=O) groups excluding carboxylic acids is 3. The van der Waals surface area contributed by atoms with Crippen LogP contribution in [0, 0.1) is 0 Å². The average molecular weight is 614 g/mol. The van der Waals surface area contributed by atoms with Gasteiger partial charge >= 0.3 is 5.97 Å². The van der Waals surface area contributed by atoms with Crippen LogP contribution >= 0.6 is 23.5 Å². The zero-order chi connectivity index (χ0) is 30.1. The maximum Gasteiger partial charge on any atom is 0.352 e. The van der Waals surface area contributed by atoms with Gasteiger partial charge in [-0.1, -0.05) is 23.9 Å². The first-order chi connectivity index (χ1) is 20.0. The van der Waals surface area contributed by atoms with Gasteiger partial charge in [0.1, 0.15) is 40.4 Å². The number of aromatic nitrogens is 4. The number of thioether (sulfide) groups is 2. The minimum Gasteiger partial charge on any atom is -0.508 e. The fourth-order valence-corrected chi connectivity index (χ4v) is 6.77. The number of β-lactam (4-membered cyclic amide) rings is 1. The number of rotatable bonds is 9. The predicted octanol–water partition coefficient (Wildman–Crippen LogP) is 0.329. The first kappa shape index (κ1) is 28.7. The molecule has 5 rings (SSSR count). The molecule has 3 atom stereocenters. The normalized spacial score (nSPS) is 18.6. The van der Waals surface area contributed by atoms with Crippen LogP contribution in [0.2, 0.25) is 0 Å². The van der Waals surface area contributed by atoms with Crippen molar-refractivity contribution < 1.29 is 39.6 Å². The van der Waals surface area contributed by atoms with Crippen molar-refractivity contribution in [2.75, 3.05) is 11.5 Å². The minimum atomic E-state index is -1.35. The Morgan fingerprint density at radius 2 is 1.79 bits per heavy atom. The van der Waals surface area contributed by atoms with E-state index in [0.29, 0.717) is 10.7 Å². The molecule has 6 N–H and O–H groups in total. The Kier molecular flexibility index (Phi) is 7.95. The molecule has 1 fully saturated rings. The molecule has 2 unspecified atom stereocenters. The standard InChI is InChI=1S/C25H23N7O8S2/c1-31-25(28-29-30-31)42-10-13-9-41-23-18(22(38)32(23)19(13)24(39)40)27-21(37)17(11-2-4-14(33)5-3-11)26-20(36)12-6-15(34)8-16(35)7-12/h2-8,17-18,23,33-35H,9-10H2,1H3,(H,26,36)(H,27,37)(H,39,40)/t17?,18?,23-/m0/s1. The Morgan fingerprint density at radius 1 is 1.10 bits per heavy atom. The van der Waals surface area contributed by atoms with Crippen LogP contribution in [0.5, 0.6) is 17.2 Å². The summed E-state index contributed by atoms with van der Waals surface area (Å²) in [6, 6.07) is 6.26. The van der Waals surface area contributed by atoms with Crippen molar-refractivity contribution in [2.45, 2.75) is 22.6 Å². The van der Waals surface area contributed by atoms with E-state index < -0.39 is 41.1 Å². The van der Waals surface area contributed by atoms with Crippen molar-refractivity contribution >= 4 is 47.2 Å². The van der Waals surface area contributed by atoms with Gasteiger partial charge in [0.15, 0.2) is 0 Å². The molecule has 218 valence electrons. The van der Waals surface area contributed by atoms with Gasteiger partial charge in [0, 0.05) is 30.2 Å². The topological polar surface area (TPSA) is 220 Å². The molecule has 2 aromatic carbocycles. The van der Waals surface area contributed by atoms with E-state index in [2.05, 4.69) is 26.2 Å². The number of benzene rings is 2. The highest BCUT2D eigenvalue weighted by molar-refractivity contribution is 8.01. The van der Waals surface area contributed by atoms with Gasteiger partial charge in [-0.25, -0.2) is 9.48 Å². The monoisotopic (exact) mass is 613 g/mol. The molecular formula is C25H23N7O8S2. The van der Waals surface area contributed by atoms with Gasteiger partial charge < -0.3 is 31.1 Å². The lowest BCUT2D eigenvalue weighted by Crippen LogP contribution is -2.71. The second kappa shape index (κ2) is 11.6. The molecule has 15 nitrogen and oxygen atoms in total. The summed E-state index contributed by atoms with van der Waals surface area (Å²) in [5.74, 6) is -3.79. The number of carboxylic acid groups (broad SMARTS) is 1. The third-order valence-electron chi connectivity index (χ3n) is 6.43. The summed E-state index contributed by atoms with van der Waals surface area (Å²) in [6.07, 6.45) is 0. The van der Waals surface area contributed by atoms with Crippen molar-refractivity contribution in [1.82, 2.24) is 35.7 Å². The van der Waals surface area contributed by atoms with Gasteiger partial charge in [0.25, 0.3) is 11.8 Å². The highest BCUT2D eigenvalue weighted by Crippen LogP contribution is 2.41. The van der Waals surface area contributed by atoms with Crippen molar-refractivity contribution in [3.8, 4) is 17.2 Å². The highest BCUT2D eigenvalue weighted by atomic mass is 32.2. The molecule has 0 saturated carbocycles. The molecule has 0 radical (unpaired) electrons. The fraction of sp³-hybridized carbons (Fsp3) is 0.240. The summed E-state index contributed by atoms with van der Waals surface area (Å²) in [5, 5.41) is 55.2. The number of fused-ring (bicyclic) bond motifs is 1. The lowest BCUT2D eigenvalue weighted by Gasteiger charge is -2.49. The molecule has 1 saturated heterocycles. The molecule has 3 amide bonds. The number of aliphatic carboxylic acids is 1. The average Bonchev–Trinajstić information content (AvgIpc) is 3.36. The molecule has 2 aliphatic rings. The van der Waals surface area contributed by atoms with Crippen molar-refractivity contribution in [1.29, 1.82) is 0 Å². The van der Waals surface area contributed by atoms with Gasteiger partial charge in [0.2, 0.25) is 11.1 Å². The van der Waals surface area contributed by atoms with Crippen LogP contribution in [0.15, 0.2) is 58.9 Å². The predicted molar refractivity (Wildman–Crippen MR) is 147 cm³/mol. The van der Waals surface area contributed by atoms with Crippen LogP contribution in [0.4, 0.5) is 0 Å². The number of nitrogens with zero attached hydrogens (tertiary/aromatic N) is 5. The third kappa shape index (κ3) is 5.68. The summed E-state index contributed by atoms with van der Waals surface area (Å²) in [4.78, 5) is 52.9. The van der Waals surface area contributed by atoms with Crippen LogP contribution in [-0.4, -0.2) is 92.1 Å². The van der Waals surface area contributed by atoms with Crippen LogP contribution in [0.25, 0.3) is 0 Å². The Bertz CT molecular complexity index is 1590. The maximum atomic E-state index is 13.5. The fourth-order valence-electron chi connectivity index (χ4n) is 4.43. The molecule has 0 spiro atoms. The van der Waals surface area contributed by atoms with E-state index in [1.54, 1.807) is 7.05 Å². The second-order valence-corrected chi connectivity index (χ2v) is 11.3. The Hall–Kier alpha value is -4.77. The number of nitrogens with one attached hydrogen (secondary N) is 2. The zero-order valence-electron chi connectivity index (χ0n) is 21.7. The summed E-state index contributed by atoms with van der Waals surface area (Å²) in [6.45, 7) is 0. The van der Waals surface area contributed by atoms with Crippen molar-refractivity contribution in [3.63, 3.8) is 0 Å². The number of phenols is 3. The number of tetrazole rings is 1. The Morgan fingerprint density at radius 3 is 2.40 bits per heavy atom. The van der Waals surface area contributed by atoms with E-state index in [4.69, 9.17) is 0 Å². The lowest BCUT2D eigenvalue weighted by molar-refractivity contribution is -0.151. The molecule has 0 bridgehead atoms. The van der Waals surface area contributed by atoms with Crippen LogP contribution in [0.1, 0.15) is 22.0 Å². The summed E-state index contributed by atoms with van der Waals surface area (Å²) < 4.78 is 1.44. The van der Waals surface area contributed by atoms with E-state index in [-0.39, 0.29) is 45.6 Å². The van der Waals surface area contributed by atoms with Crippen LogP contribution in [0.3, 0.4) is 0 Å². The quantitative estimate of drug-likeness (QED) is 0.142. The number of hydrogen-bond donors (Lipinski definition) is 6. The Labute approximate surface area is 245 Å². The second-order valence-electron chi connectivity index (χ2n) is 9.26. The Balaban J connectivity index is 1.34. The van der Waals surface area contributed by atoms with E-state index in [1.165, 1.54) is 52.5 Å². The van der Waals surface area contributed by atoms with Gasteiger partial charge in [0.05, 0.1) is 0 Å². The van der Waals surface area contributed by atoms with Gasteiger partial charge in [-0.2, -0.15) is 0 Å². The number of phenolic OH excluding ortho intramolecular Hbond substituents is 3. The number of carboxylic acids is 1. The molecule has 1 aromatic heterocycles. The van der Waals surface area contributed by atoms with Gasteiger partial charge in [-0.05, 0) is 45.8 Å². The number of aromatic hydroxyl groups is 3. The SMILES string of the molecule is Cn1nnnc1SCC1=C(C(=O)O)N2C(=O)C(NC(=O)C(NC(=O)c3cc(O)cc(O)c3)c3ccc(O)cc3)[C@@H]2SC1. The number of carbonyl (C=O) groups is 4. The van der Waals surface area contributed by atoms with Crippen LogP contribution in [-0.2, 0) is 21.4 Å². The largest absolute Gasteiger partial charge is 0.508 e. The number of amides is 3. The van der Waals surface area contributed by atoms with E-state index in [0.717, 1.165) is 23.1 Å². The van der Waals surface area contributed by atoms with Gasteiger partial charge in [-0.15, -0.1) is 16.9 Å². The number of hydrogen-bond acceptors (Lipinski definition) is 12. The smallest absolute Gasteiger partial charge is 0.352 e. The van der Waals surface area contributed by atoms with E-state index >= 15 is 0 Å².